The van der Waals surface area contributed by atoms with Crippen molar-refractivity contribution in [2.45, 2.75) is 267 Å². The highest BCUT2D eigenvalue weighted by Gasteiger charge is 2.47. The predicted octanol–water partition coefficient (Wildman–Crippen LogP) is -4.34. The second-order valence-corrected chi connectivity index (χ2v) is 38.5. The minimum Gasteiger partial charge on any atom is -0.508 e. The predicted molar refractivity (Wildman–Crippen MR) is 523 cm³/mol. The summed E-state index contributed by atoms with van der Waals surface area (Å²) in [7, 11) is 3.85. The maximum atomic E-state index is 16.7. The number of aliphatic hydroxyl groups excluding tert-OH is 6. The number of carboxylic acid groups (broad SMARTS) is 1. The van der Waals surface area contributed by atoms with Crippen molar-refractivity contribution in [3.8, 4) is 5.75 Å². The minimum absolute atomic E-state index is 0.0312. The molecule has 2 aliphatic heterocycles. The first kappa shape index (κ1) is 118. The van der Waals surface area contributed by atoms with E-state index in [1.54, 1.807) is 94.2 Å². The van der Waals surface area contributed by atoms with Crippen LogP contribution in [0.15, 0.2) is 85.2 Å². The van der Waals surface area contributed by atoms with Crippen molar-refractivity contribution < 1.29 is 128 Å². The van der Waals surface area contributed by atoms with Crippen LogP contribution in [0.25, 0.3) is 21.8 Å². The lowest BCUT2D eigenvalue weighted by atomic mass is 9.86. The van der Waals surface area contributed by atoms with Gasteiger partial charge in [-0.25, -0.2) is 11.4 Å². The molecular formula is C95H145N21O26S. The number of hydroxylamine groups is 1. The highest BCUT2D eigenvalue weighted by atomic mass is 32.2. The van der Waals surface area contributed by atoms with Gasteiger partial charge in [0, 0.05) is 106 Å². The largest absolute Gasteiger partial charge is 0.508 e. The molecule has 0 aliphatic carbocycles. The number of hydrogen-bond acceptors (Lipinski definition) is 30. The number of phenolic OH excluding ortho intramolecular Hbond substituents is 1. The molecule has 0 bridgehead atoms. The summed E-state index contributed by atoms with van der Waals surface area (Å²) in [6.45, 7) is 8.03. The molecule has 47 nitrogen and oxygen atoms in total. The van der Waals surface area contributed by atoms with E-state index in [1.807, 2.05) is 12.4 Å². The normalized spacial score (nSPS) is 17.7. The number of aliphatic hydroxyl groups is 6. The van der Waals surface area contributed by atoms with Crippen molar-refractivity contribution in [3.63, 3.8) is 0 Å². The first-order chi connectivity index (χ1) is 67.8. The summed E-state index contributed by atoms with van der Waals surface area (Å²) in [6, 6.07) is -0.965. The summed E-state index contributed by atoms with van der Waals surface area (Å²) in [5.74, 6) is -12.6. The van der Waals surface area contributed by atoms with Crippen LogP contribution in [-0.4, -0.2) is 362 Å². The number of benzene rings is 3. The van der Waals surface area contributed by atoms with Crippen molar-refractivity contribution in [2.75, 3.05) is 78.7 Å². The van der Waals surface area contributed by atoms with Crippen molar-refractivity contribution >= 4 is 128 Å². The monoisotopic (exact) mass is 2030 g/mol. The zero-order valence-corrected chi connectivity index (χ0v) is 83.3. The first-order valence-corrected chi connectivity index (χ1v) is 49.2. The van der Waals surface area contributed by atoms with Crippen LogP contribution in [0.2, 0.25) is 0 Å². The zero-order chi connectivity index (χ0) is 106. The highest BCUT2D eigenvalue weighted by Crippen LogP contribution is 2.30. The number of para-hydroxylation sites is 2. The quantitative estimate of drug-likeness (QED) is 0.0164. The summed E-state index contributed by atoms with van der Waals surface area (Å²) in [4.78, 5) is 247. The van der Waals surface area contributed by atoms with Gasteiger partial charge in [0.1, 0.15) is 104 Å². The Morgan fingerprint density at radius 2 is 1.15 bits per heavy atom. The number of aromatic hydroxyl groups is 1. The summed E-state index contributed by atoms with van der Waals surface area (Å²) in [5.41, 5.74) is 20.3. The number of nitrogens with two attached hydrogens (primary N) is 4. The van der Waals surface area contributed by atoms with Gasteiger partial charge in [0.15, 0.2) is 0 Å². The minimum atomic E-state index is -2.23. The summed E-state index contributed by atoms with van der Waals surface area (Å²) >= 11 is 0.896. The molecule has 2 saturated heterocycles. The van der Waals surface area contributed by atoms with Gasteiger partial charge in [0.25, 0.3) is 0 Å². The number of aromatic nitrogens is 2. The molecule has 2 aliphatic rings. The number of likely N-dealkylation sites (tertiary alicyclic amines) is 2. The third kappa shape index (κ3) is 34.6. The average Bonchev–Trinajstić information content (AvgIpc) is 1.57. The van der Waals surface area contributed by atoms with Crippen LogP contribution in [0.1, 0.15) is 149 Å². The number of hydrogen-bond donors (Lipinski definition) is 24. The molecule has 0 spiro atoms. The number of unbranched alkanes of at least 4 members (excludes halogenated alkanes) is 2. The number of thioether (sulfide) groups is 1. The van der Waals surface area contributed by atoms with Crippen LogP contribution in [0.5, 0.6) is 5.75 Å². The number of nitrogens with zero attached hydrogens (tertiary/aromatic N) is 6. The molecule has 5 aromatic rings. The number of H-pyrrole nitrogens is 1. The lowest BCUT2D eigenvalue weighted by Crippen LogP contribution is -2.61. The maximum absolute atomic E-state index is 16.7. The van der Waals surface area contributed by atoms with E-state index in [0.29, 0.717) is 71.6 Å². The van der Waals surface area contributed by atoms with Crippen LogP contribution in [0.4, 0.5) is 0 Å². The van der Waals surface area contributed by atoms with Crippen LogP contribution in [0, 0.1) is 17.8 Å². The standard InChI is InChI=1S/C95H145N21O26S/c1-11-13-23-72(89(134)105-65(34-51(3)4)86(131)110-70(48-143-49-79(97)123)84(129)102-43-78(96)122)112(9)95(140)74(24-14-12-2)113(10)93(138)68(38-56-44-115(46-80(124)125)71-25-18-16-21-60(56)71)108-85(130)64(32-31-63(101-42-76(120)81(126)82(127)77(121)47-117)61(36-54-27-29-57(118)30-28-54)92(137)111(8)53(7)83(98)128)104-87(132)66(37-55-40-100-62-22-17-15-20-59(55)62)106-91(136)75-39-58(119)45-116(75)94(139)67(35-52(5)6)107-88(133)69(41-103-141)109-90(135)73-26-19-33-114(73)50-142-99/h15-18,20-22,25,27-30,40,44,51-53,58,61,63-70,72-77,81-82,100-101,103,117-121,126-127,141H,11-14,19,23-24,26,31-39,41-43,45-50,99H2,1-10H3,(H2,96,122)(H2,97,123)(H2,98,128)(H,102,129)(H,104,132)(H,105,134)(H,106,136)(H,107,133)(H,108,130)(H,109,135)(H,110,131)(H,124,125)/t53-,58+,61+,63?,64-,65-,66-,67-,68-,69-,70-,72-,73-,74-,75-,76-,77-,81-,82-/m0/s1. The Kier molecular flexibility index (Phi) is 47.3. The van der Waals surface area contributed by atoms with Gasteiger partial charge in [-0.1, -0.05) is 116 Å². The molecule has 3 aromatic carbocycles. The molecule has 792 valence electrons. The fourth-order valence-electron chi connectivity index (χ4n) is 17.7. The Balaban J connectivity index is 1.41. The van der Waals surface area contributed by atoms with Crippen molar-refractivity contribution in [1.82, 2.24) is 87.4 Å². The third-order valence-corrected chi connectivity index (χ3v) is 26.7. The summed E-state index contributed by atoms with van der Waals surface area (Å²) in [5, 5.41) is 122. The Morgan fingerprint density at radius 1 is 0.587 bits per heavy atom. The SMILES string of the molecule is CCCC[C@@H](C(=O)N(C)[C@@H](CCCC)C(=O)N[C@@H](CC(C)C)C(=O)N[C@@H](CSCC(N)=O)C(=O)NCC(N)=O)N(C)C(=O)[C@H](Cc1cn(CC(=O)O)c2ccccc12)NC(=O)[C@H](CCC(NC[C@H](O)[C@H](O)[C@@H](O)[C@@H](O)CO)[C@@H](Cc1ccc(O)cc1)C(=O)N(C)[C@@H](C)C(N)=O)NC(=O)[C@H](Cc1c[nH]c2ccccc12)NC(=O)[C@@H]1C[C@@H](O)CN1C(=O)[C@H](CC(C)C)NC(=O)[C@H](CNO)NC(=O)[C@@H]1CCCN1CON. The number of phenols is 1. The molecule has 7 rings (SSSR count). The van der Waals surface area contributed by atoms with Crippen molar-refractivity contribution in [3.05, 3.63) is 102 Å². The molecule has 0 radical (unpaired) electrons. The van der Waals surface area contributed by atoms with Gasteiger partial charge in [0.05, 0.1) is 49.6 Å². The van der Waals surface area contributed by atoms with Crippen LogP contribution < -0.4 is 76.4 Å². The number of β-amino-alcohol motifs (C(OH)–C–C–N with tert-alkyl or cyclic N) is 1. The van der Waals surface area contributed by atoms with E-state index in [9.17, 15) is 84.4 Å². The number of carbonyl (C=O) groups is 16. The summed E-state index contributed by atoms with van der Waals surface area (Å²) < 4.78 is 1.38. The lowest BCUT2D eigenvalue weighted by molar-refractivity contribution is -0.149. The Hall–Kier alpha value is -12.1. The first-order valence-electron chi connectivity index (χ1n) is 48.0. The smallest absolute Gasteiger partial charge is 0.323 e. The molecular weight excluding hydrogens is 1880 g/mol. The molecule has 0 saturated carbocycles. The average molecular weight is 2030 g/mol. The second-order valence-electron chi connectivity index (χ2n) is 37.4. The molecule has 19 atom stereocenters. The number of primary amides is 3. The van der Waals surface area contributed by atoms with E-state index in [1.165, 1.54) is 63.1 Å². The second kappa shape index (κ2) is 57.4. The van der Waals surface area contributed by atoms with Crippen molar-refractivity contribution in [2.24, 2.45) is 40.9 Å². The van der Waals surface area contributed by atoms with Gasteiger partial charge < -0.3 is 140 Å². The number of aliphatic carboxylic acids is 1. The molecule has 48 heteroatoms. The third-order valence-electron chi connectivity index (χ3n) is 25.6. The molecule has 15 amide bonds. The van der Waals surface area contributed by atoms with Gasteiger partial charge in [-0.2, -0.15) is 0 Å². The lowest BCUT2D eigenvalue weighted by Gasteiger charge is -2.37. The van der Waals surface area contributed by atoms with E-state index in [0.717, 1.165) is 31.4 Å². The van der Waals surface area contributed by atoms with Crippen LogP contribution in [-0.2, 0) is 107 Å². The fourth-order valence-corrected chi connectivity index (χ4v) is 18.4. The van der Waals surface area contributed by atoms with E-state index < -0.39 is 281 Å². The topological polar surface area (TPSA) is 726 Å². The zero-order valence-electron chi connectivity index (χ0n) is 82.5. The molecule has 143 heavy (non-hydrogen) atoms. The van der Waals surface area contributed by atoms with Gasteiger partial charge in [-0.05, 0) is 118 Å². The molecule has 4 heterocycles. The number of carbonyl (C=O) groups excluding carboxylic acids is 15. The number of rotatable bonds is 62. The van der Waals surface area contributed by atoms with Gasteiger partial charge in [-0.3, -0.25) is 86.5 Å². The number of fused-ring (bicyclic) bond motifs is 2. The Bertz CT molecular complexity index is 5130. The van der Waals surface area contributed by atoms with E-state index in [2.05, 4.69) is 52.8 Å². The van der Waals surface area contributed by atoms with Gasteiger partial charge in [-0.15, -0.1) is 11.8 Å². The van der Waals surface area contributed by atoms with Crippen LogP contribution >= 0.6 is 11.8 Å². The van der Waals surface area contributed by atoms with Crippen molar-refractivity contribution in [1.29, 1.82) is 0 Å². The Morgan fingerprint density at radius 3 is 1.78 bits per heavy atom. The highest BCUT2D eigenvalue weighted by molar-refractivity contribution is 8.00. The molecule has 2 aromatic heterocycles. The fraction of sp³-hybridized carbons (Fsp3) is 0.600. The Labute approximate surface area is 833 Å². The van der Waals surface area contributed by atoms with E-state index in [-0.39, 0.29) is 79.9 Å². The molecule has 2 fully saturated rings. The van der Waals surface area contributed by atoms with Gasteiger partial charge in [0.2, 0.25) is 88.6 Å². The van der Waals surface area contributed by atoms with E-state index >= 15 is 38.4 Å². The van der Waals surface area contributed by atoms with Crippen LogP contribution in [0.3, 0.4) is 0 Å². The van der Waals surface area contributed by atoms with E-state index in [4.69, 9.17) is 27.9 Å². The number of amides is 15. The number of nitrogens with one attached hydrogen (secondary N) is 11. The number of likely N-dealkylation sites (N-methyl/N-ethyl adjacent to an activating group) is 3. The number of aromatic amines is 1. The molecule has 28 N–H and O–H groups in total. The molecule has 1 unspecified atom stereocenters. The summed E-state index contributed by atoms with van der Waals surface area (Å²) in [6.07, 6.45) is -7.91. The maximum Gasteiger partial charge on any atom is 0.323 e. The van der Waals surface area contributed by atoms with Gasteiger partial charge >= 0.3 is 5.97 Å². The number of carboxylic acids is 1.